The van der Waals surface area contributed by atoms with Crippen molar-refractivity contribution >= 4 is 0 Å². The minimum Gasteiger partial charge on any atom is -0.361 e. The lowest BCUT2D eigenvalue weighted by atomic mass is 10.0. The predicted octanol–water partition coefficient (Wildman–Crippen LogP) is 5.51. The van der Waals surface area contributed by atoms with Crippen molar-refractivity contribution < 1.29 is 4.74 Å². The summed E-state index contributed by atoms with van der Waals surface area (Å²) in [4.78, 5) is 0. The second-order valence-corrected chi connectivity index (χ2v) is 7.09. The number of nitrogens with two attached hydrogens (primary N) is 2. The van der Waals surface area contributed by atoms with E-state index in [0.717, 1.165) is 32.3 Å². The summed E-state index contributed by atoms with van der Waals surface area (Å²) in [5.74, 6) is 0. The van der Waals surface area contributed by atoms with Crippen LogP contribution in [0, 0.1) is 0 Å². The topological polar surface area (TPSA) is 61.3 Å². The number of hydrogen-bond donors (Lipinski definition) is 2. The van der Waals surface area contributed by atoms with Crippen molar-refractivity contribution in [1.82, 2.24) is 0 Å². The van der Waals surface area contributed by atoms with Gasteiger partial charge in [-0.25, -0.2) is 0 Å². The summed E-state index contributed by atoms with van der Waals surface area (Å²) in [5, 5.41) is 0. The van der Waals surface area contributed by atoms with Gasteiger partial charge in [-0.3, -0.25) is 0 Å². The molecular weight excluding hydrogens is 284 g/mol. The van der Waals surface area contributed by atoms with Gasteiger partial charge in [-0.2, -0.15) is 0 Å². The third-order valence-corrected chi connectivity index (χ3v) is 4.63. The van der Waals surface area contributed by atoms with E-state index >= 15 is 0 Å². The Morgan fingerprint density at radius 2 is 1.13 bits per heavy atom. The first kappa shape index (κ1) is 22.9. The Morgan fingerprint density at radius 3 is 1.57 bits per heavy atom. The van der Waals surface area contributed by atoms with E-state index in [9.17, 15) is 0 Å². The van der Waals surface area contributed by atoms with Crippen LogP contribution in [0.2, 0.25) is 0 Å². The number of hydrogen-bond acceptors (Lipinski definition) is 3. The van der Waals surface area contributed by atoms with Gasteiger partial charge in [-0.15, -0.1) is 0 Å². The molecule has 0 radical (unpaired) electrons. The van der Waals surface area contributed by atoms with Gasteiger partial charge in [0.1, 0.15) is 5.72 Å². The largest absolute Gasteiger partial charge is 0.361 e. The third-order valence-electron chi connectivity index (χ3n) is 4.63. The van der Waals surface area contributed by atoms with Crippen molar-refractivity contribution in [3.05, 3.63) is 0 Å². The molecule has 3 heteroatoms. The van der Waals surface area contributed by atoms with Gasteiger partial charge in [0.25, 0.3) is 0 Å². The van der Waals surface area contributed by atoms with Gasteiger partial charge < -0.3 is 16.2 Å². The molecule has 0 saturated heterocycles. The molecule has 1 unspecified atom stereocenters. The fourth-order valence-corrected chi connectivity index (χ4v) is 3.16. The predicted molar refractivity (Wildman–Crippen MR) is 103 cm³/mol. The highest BCUT2D eigenvalue weighted by Crippen LogP contribution is 2.17. The molecule has 0 rings (SSSR count). The van der Waals surface area contributed by atoms with E-state index in [0.29, 0.717) is 6.54 Å². The van der Waals surface area contributed by atoms with Gasteiger partial charge in [-0.1, -0.05) is 90.9 Å². The van der Waals surface area contributed by atoms with Crippen LogP contribution in [0.4, 0.5) is 0 Å². The van der Waals surface area contributed by atoms with Crippen molar-refractivity contribution in [3.63, 3.8) is 0 Å². The molecule has 0 aliphatic carbocycles. The fraction of sp³-hybridized carbons (Fsp3) is 1.00. The molecule has 0 aromatic carbocycles. The maximum absolute atomic E-state index is 6.26. The van der Waals surface area contributed by atoms with Crippen LogP contribution in [0.25, 0.3) is 0 Å². The number of rotatable bonds is 18. The van der Waals surface area contributed by atoms with Gasteiger partial charge in [-0.05, 0) is 19.4 Å². The molecule has 0 amide bonds. The monoisotopic (exact) mass is 328 g/mol. The lowest BCUT2D eigenvalue weighted by Gasteiger charge is -2.29. The van der Waals surface area contributed by atoms with Crippen LogP contribution in [0.15, 0.2) is 0 Å². The van der Waals surface area contributed by atoms with E-state index in [1.54, 1.807) is 0 Å². The van der Waals surface area contributed by atoms with Gasteiger partial charge in [0.2, 0.25) is 0 Å². The van der Waals surface area contributed by atoms with Crippen molar-refractivity contribution in [3.8, 4) is 0 Å². The zero-order valence-electron chi connectivity index (χ0n) is 16.1. The first-order valence-electron chi connectivity index (χ1n) is 10.3. The molecule has 0 saturated carbocycles. The quantitative estimate of drug-likeness (QED) is 0.258. The molecular formula is C20H44N2O. The van der Waals surface area contributed by atoms with Crippen LogP contribution >= 0.6 is 0 Å². The van der Waals surface area contributed by atoms with Crippen molar-refractivity contribution in [1.29, 1.82) is 0 Å². The Labute approximate surface area is 145 Å². The summed E-state index contributed by atoms with van der Waals surface area (Å²) in [6.45, 7) is 5.81. The summed E-state index contributed by atoms with van der Waals surface area (Å²) < 4.78 is 5.90. The molecule has 0 heterocycles. The molecule has 0 fully saturated rings. The lowest BCUT2D eigenvalue weighted by molar-refractivity contribution is -0.0534. The van der Waals surface area contributed by atoms with Crippen LogP contribution in [0.5, 0.6) is 0 Å². The van der Waals surface area contributed by atoms with E-state index in [-0.39, 0.29) is 0 Å². The average molecular weight is 329 g/mol. The SMILES string of the molecule is CCCCCCCCCCCCCCOC(N)(CCC)CCN. The highest BCUT2D eigenvalue weighted by molar-refractivity contribution is 4.73. The first-order valence-corrected chi connectivity index (χ1v) is 10.3. The second kappa shape index (κ2) is 16.7. The zero-order chi connectivity index (χ0) is 17.2. The molecule has 0 aromatic heterocycles. The highest BCUT2D eigenvalue weighted by Gasteiger charge is 2.23. The summed E-state index contributed by atoms with van der Waals surface area (Å²) >= 11 is 0. The molecule has 4 N–H and O–H groups in total. The zero-order valence-corrected chi connectivity index (χ0v) is 16.1. The van der Waals surface area contributed by atoms with Crippen LogP contribution in [-0.2, 0) is 4.74 Å². The standard InChI is InChI=1S/C20H44N2O/c1-3-5-6-7-8-9-10-11-12-13-14-15-19-23-20(22,16-4-2)17-18-21/h3-19,21-22H2,1-2H3. The summed E-state index contributed by atoms with van der Waals surface area (Å²) in [6.07, 6.45) is 19.1. The molecule has 140 valence electrons. The van der Waals surface area contributed by atoms with E-state index in [4.69, 9.17) is 16.2 Å². The van der Waals surface area contributed by atoms with Gasteiger partial charge in [0.05, 0.1) is 0 Å². The smallest absolute Gasteiger partial charge is 0.117 e. The molecule has 1 atom stereocenters. The highest BCUT2D eigenvalue weighted by atomic mass is 16.5. The van der Waals surface area contributed by atoms with E-state index < -0.39 is 5.72 Å². The second-order valence-electron chi connectivity index (χ2n) is 7.09. The Hall–Kier alpha value is -0.120. The van der Waals surface area contributed by atoms with Crippen LogP contribution < -0.4 is 11.5 Å². The number of unbranched alkanes of at least 4 members (excludes halogenated alkanes) is 11. The third kappa shape index (κ3) is 15.2. The minimum absolute atomic E-state index is 0.485. The minimum atomic E-state index is -0.485. The van der Waals surface area contributed by atoms with E-state index in [1.807, 2.05) is 0 Å². The lowest BCUT2D eigenvalue weighted by Crippen LogP contribution is -2.44. The Bertz CT molecular complexity index is 228. The van der Waals surface area contributed by atoms with Crippen LogP contribution in [0.1, 0.15) is 110 Å². The first-order chi connectivity index (χ1) is 11.2. The molecule has 0 aliphatic heterocycles. The summed E-state index contributed by atoms with van der Waals surface area (Å²) in [6, 6.07) is 0. The van der Waals surface area contributed by atoms with Crippen LogP contribution in [0.3, 0.4) is 0 Å². The fourth-order valence-electron chi connectivity index (χ4n) is 3.16. The van der Waals surface area contributed by atoms with Crippen molar-refractivity contribution in [2.24, 2.45) is 11.5 Å². The van der Waals surface area contributed by atoms with Gasteiger partial charge in [0.15, 0.2) is 0 Å². The maximum atomic E-state index is 6.26. The Morgan fingerprint density at radius 1 is 0.652 bits per heavy atom. The molecule has 0 spiro atoms. The Kier molecular flexibility index (Phi) is 16.6. The van der Waals surface area contributed by atoms with E-state index in [1.165, 1.54) is 70.6 Å². The molecule has 23 heavy (non-hydrogen) atoms. The average Bonchev–Trinajstić information content (AvgIpc) is 2.52. The maximum Gasteiger partial charge on any atom is 0.117 e. The molecule has 0 aliphatic rings. The molecule has 0 aromatic rings. The summed E-state index contributed by atoms with van der Waals surface area (Å²) in [5.41, 5.74) is 11.4. The normalized spacial score (nSPS) is 14.1. The van der Waals surface area contributed by atoms with Crippen molar-refractivity contribution in [2.45, 2.75) is 116 Å². The summed E-state index contributed by atoms with van der Waals surface area (Å²) in [7, 11) is 0. The Balaban J connectivity index is 3.32. The number of ether oxygens (including phenoxy) is 1. The van der Waals surface area contributed by atoms with Crippen molar-refractivity contribution in [2.75, 3.05) is 13.2 Å². The van der Waals surface area contributed by atoms with Crippen LogP contribution in [-0.4, -0.2) is 18.9 Å². The molecule has 0 bridgehead atoms. The molecule has 3 nitrogen and oxygen atoms in total. The van der Waals surface area contributed by atoms with Gasteiger partial charge in [0, 0.05) is 13.0 Å². The van der Waals surface area contributed by atoms with Gasteiger partial charge >= 0.3 is 0 Å². The van der Waals surface area contributed by atoms with E-state index in [2.05, 4.69) is 13.8 Å².